The average molecular weight is 479 g/mol. The molecule has 1 N–H and O–H groups in total. The van der Waals surface area contributed by atoms with Crippen LogP contribution in [0.2, 0.25) is 0 Å². The number of rotatable bonds is 8. The average Bonchev–Trinajstić information content (AvgIpc) is 3.52. The Morgan fingerprint density at radius 1 is 1.03 bits per heavy atom. The maximum Gasteiger partial charge on any atom is 0.248 e. The second kappa shape index (κ2) is 10.7. The summed E-state index contributed by atoms with van der Waals surface area (Å²) in [5.41, 5.74) is 1.06. The van der Waals surface area contributed by atoms with E-state index in [2.05, 4.69) is 5.32 Å². The van der Waals surface area contributed by atoms with Gasteiger partial charge in [-0.25, -0.2) is 4.39 Å². The highest BCUT2D eigenvalue weighted by atomic mass is 32.1. The highest BCUT2D eigenvalue weighted by Gasteiger charge is 2.36. The van der Waals surface area contributed by atoms with Crippen molar-refractivity contribution in [2.24, 2.45) is 0 Å². The molecule has 1 heterocycles. The number of amides is 2. The topological polar surface area (TPSA) is 66.5 Å². The normalized spacial score (nSPS) is 14.5. The van der Waals surface area contributed by atoms with Crippen LogP contribution in [-0.4, -0.2) is 23.6 Å². The minimum atomic E-state index is -1.18. The fraction of sp³-hybridized carbons (Fsp3) is 0.296. The van der Waals surface area contributed by atoms with Crippen LogP contribution in [0.5, 0.6) is 0 Å². The first-order valence-corrected chi connectivity index (χ1v) is 12.3. The van der Waals surface area contributed by atoms with Crippen LogP contribution in [-0.2, 0) is 16.0 Å². The largest absolute Gasteiger partial charge is 0.351 e. The van der Waals surface area contributed by atoms with Crippen molar-refractivity contribution in [3.63, 3.8) is 0 Å². The smallest absolute Gasteiger partial charge is 0.248 e. The molecule has 4 rings (SSSR count). The number of hydrogen-bond acceptors (Lipinski definition) is 4. The summed E-state index contributed by atoms with van der Waals surface area (Å²) in [4.78, 5) is 41.3. The fourth-order valence-electron chi connectivity index (χ4n) is 4.39. The Bertz CT molecular complexity index is 1150. The molecule has 5 nitrogen and oxygen atoms in total. The van der Waals surface area contributed by atoms with Gasteiger partial charge in [-0.15, -0.1) is 11.3 Å². The standard InChI is InChI=1S/C27H27FN2O3S/c1-18(31)19-12-14-21(15-13-19)30(25(32)17-22-9-6-16-34-22)26(23-10-4-5-11-24(23)28)27(33)29-20-7-2-3-8-20/h4-6,9-16,20,26H,2-3,7-8,17H2,1H3,(H,29,33). The molecule has 176 valence electrons. The first-order chi connectivity index (χ1) is 16.4. The van der Waals surface area contributed by atoms with Gasteiger partial charge >= 0.3 is 0 Å². The molecule has 2 aromatic carbocycles. The lowest BCUT2D eigenvalue weighted by atomic mass is 10.0. The number of ketones is 1. The monoisotopic (exact) mass is 478 g/mol. The maximum absolute atomic E-state index is 15.0. The molecule has 1 unspecified atom stereocenters. The number of Topliss-reactive ketones (excluding diaryl/α,β-unsaturated/α-hetero) is 1. The van der Waals surface area contributed by atoms with Gasteiger partial charge < -0.3 is 5.32 Å². The first-order valence-electron chi connectivity index (χ1n) is 11.4. The van der Waals surface area contributed by atoms with E-state index in [0.29, 0.717) is 11.3 Å². The zero-order chi connectivity index (χ0) is 24.1. The van der Waals surface area contributed by atoms with Crippen LogP contribution in [0.15, 0.2) is 66.0 Å². The Kier molecular flexibility index (Phi) is 7.53. The van der Waals surface area contributed by atoms with Crippen molar-refractivity contribution in [2.45, 2.75) is 51.1 Å². The van der Waals surface area contributed by atoms with Gasteiger partial charge in [0.05, 0.1) is 6.42 Å². The predicted molar refractivity (Wildman–Crippen MR) is 131 cm³/mol. The van der Waals surface area contributed by atoms with Crippen molar-refractivity contribution in [2.75, 3.05) is 4.90 Å². The number of hydrogen-bond donors (Lipinski definition) is 1. The number of benzene rings is 2. The van der Waals surface area contributed by atoms with Crippen LogP contribution < -0.4 is 10.2 Å². The van der Waals surface area contributed by atoms with Gasteiger partial charge in [-0.05, 0) is 61.5 Å². The van der Waals surface area contributed by atoms with E-state index in [4.69, 9.17) is 0 Å². The van der Waals surface area contributed by atoms with E-state index in [0.717, 1.165) is 30.6 Å². The number of nitrogens with one attached hydrogen (secondary N) is 1. The van der Waals surface area contributed by atoms with Crippen molar-refractivity contribution < 1.29 is 18.8 Å². The molecule has 1 saturated carbocycles. The number of halogens is 1. The molecule has 0 aliphatic heterocycles. The molecular formula is C27H27FN2O3S. The third-order valence-corrected chi connectivity index (χ3v) is 7.01. The minimum Gasteiger partial charge on any atom is -0.351 e. The summed E-state index contributed by atoms with van der Waals surface area (Å²) in [6, 6.07) is 15.1. The molecule has 0 saturated heterocycles. The Labute approximate surface area is 202 Å². The molecule has 1 aliphatic rings. The van der Waals surface area contributed by atoms with Crippen LogP contribution >= 0.6 is 11.3 Å². The maximum atomic E-state index is 15.0. The Balaban J connectivity index is 1.78. The third kappa shape index (κ3) is 5.42. The van der Waals surface area contributed by atoms with Crippen molar-refractivity contribution in [3.05, 3.63) is 87.9 Å². The molecule has 0 bridgehead atoms. The molecule has 0 spiro atoms. The number of carbonyl (C=O) groups is 3. The van der Waals surface area contributed by atoms with E-state index in [-0.39, 0.29) is 29.7 Å². The summed E-state index contributed by atoms with van der Waals surface area (Å²) in [5, 5.41) is 4.93. The second-order valence-electron chi connectivity index (χ2n) is 8.54. The van der Waals surface area contributed by atoms with E-state index in [1.165, 1.54) is 29.2 Å². The molecule has 3 aromatic rings. The summed E-state index contributed by atoms with van der Waals surface area (Å²) >= 11 is 1.45. The molecule has 34 heavy (non-hydrogen) atoms. The molecule has 1 aliphatic carbocycles. The van der Waals surface area contributed by atoms with Gasteiger partial charge in [-0.2, -0.15) is 0 Å². The van der Waals surface area contributed by atoms with Gasteiger partial charge in [-0.1, -0.05) is 37.1 Å². The summed E-state index contributed by atoms with van der Waals surface area (Å²) in [7, 11) is 0. The van der Waals surface area contributed by atoms with Crippen molar-refractivity contribution >= 4 is 34.6 Å². The number of nitrogens with zero attached hydrogens (tertiary/aromatic N) is 1. The van der Waals surface area contributed by atoms with Crippen LogP contribution in [0.3, 0.4) is 0 Å². The summed E-state index contributed by atoms with van der Waals surface area (Å²) < 4.78 is 15.0. The molecular weight excluding hydrogens is 451 g/mol. The van der Waals surface area contributed by atoms with Gasteiger partial charge in [0.2, 0.25) is 11.8 Å². The van der Waals surface area contributed by atoms with Crippen molar-refractivity contribution in [3.8, 4) is 0 Å². The quantitative estimate of drug-likeness (QED) is 0.437. The molecule has 0 radical (unpaired) electrons. The van der Waals surface area contributed by atoms with Crippen LogP contribution in [0.25, 0.3) is 0 Å². The van der Waals surface area contributed by atoms with E-state index in [9.17, 15) is 14.4 Å². The lowest BCUT2D eigenvalue weighted by Crippen LogP contribution is -2.47. The van der Waals surface area contributed by atoms with Crippen molar-refractivity contribution in [1.29, 1.82) is 0 Å². The summed E-state index contributed by atoms with van der Waals surface area (Å²) in [6.45, 7) is 1.46. The third-order valence-electron chi connectivity index (χ3n) is 6.13. The van der Waals surface area contributed by atoms with Gasteiger partial charge in [0, 0.05) is 27.7 Å². The Morgan fingerprint density at radius 2 is 1.74 bits per heavy atom. The summed E-state index contributed by atoms with van der Waals surface area (Å²) in [6.07, 6.45) is 3.87. The molecule has 2 amide bonds. The van der Waals surface area contributed by atoms with Crippen molar-refractivity contribution in [1.82, 2.24) is 5.32 Å². The van der Waals surface area contributed by atoms with Crippen LogP contribution in [0, 0.1) is 5.82 Å². The number of thiophene rings is 1. The Morgan fingerprint density at radius 3 is 2.35 bits per heavy atom. The molecule has 7 heteroatoms. The number of carbonyl (C=O) groups excluding carboxylic acids is 3. The number of anilines is 1. The van der Waals surface area contributed by atoms with E-state index < -0.39 is 17.8 Å². The highest BCUT2D eigenvalue weighted by Crippen LogP contribution is 2.32. The zero-order valence-electron chi connectivity index (χ0n) is 19.0. The molecule has 1 aromatic heterocycles. The van der Waals surface area contributed by atoms with E-state index >= 15 is 4.39 Å². The fourth-order valence-corrected chi connectivity index (χ4v) is 5.08. The second-order valence-corrected chi connectivity index (χ2v) is 9.57. The van der Waals surface area contributed by atoms with Gasteiger partial charge in [-0.3, -0.25) is 19.3 Å². The van der Waals surface area contributed by atoms with Crippen LogP contribution in [0.4, 0.5) is 10.1 Å². The van der Waals surface area contributed by atoms with E-state index in [1.807, 2.05) is 17.5 Å². The minimum absolute atomic E-state index is 0.0103. The first kappa shape index (κ1) is 23.8. The predicted octanol–water partition coefficient (Wildman–Crippen LogP) is 5.47. The molecule has 1 fully saturated rings. The summed E-state index contributed by atoms with van der Waals surface area (Å²) in [5.74, 6) is -1.39. The van der Waals surface area contributed by atoms with Gasteiger partial charge in [0.25, 0.3) is 0 Å². The zero-order valence-corrected chi connectivity index (χ0v) is 19.8. The SMILES string of the molecule is CC(=O)c1ccc(N(C(=O)Cc2cccs2)C(C(=O)NC2CCCC2)c2ccccc2F)cc1. The lowest BCUT2D eigenvalue weighted by molar-refractivity contribution is -0.127. The lowest BCUT2D eigenvalue weighted by Gasteiger charge is -2.32. The molecule has 1 atom stereocenters. The highest BCUT2D eigenvalue weighted by molar-refractivity contribution is 7.10. The van der Waals surface area contributed by atoms with Crippen LogP contribution in [0.1, 0.15) is 59.4 Å². The van der Waals surface area contributed by atoms with Gasteiger partial charge in [0.1, 0.15) is 11.9 Å². The van der Waals surface area contributed by atoms with Gasteiger partial charge in [0.15, 0.2) is 5.78 Å². The van der Waals surface area contributed by atoms with E-state index in [1.54, 1.807) is 42.5 Å². The Hall–Kier alpha value is -3.32.